The molecule has 0 fully saturated rings. The zero-order valence-corrected chi connectivity index (χ0v) is 16.0. The van der Waals surface area contributed by atoms with Gasteiger partial charge in [-0.3, -0.25) is 14.9 Å². The van der Waals surface area contributed by atoms with Crippen molar-refractivity contribution in [2.24, 2.45) is 0 Å². The number of amides is 1. The lowest BCUT2D eigenvalue weighted by Gasteiger charge is -2.13. The second-order valence-electron chi connectivity index (χ2n) is 4.77. The van der Waals surface area contributed by atoms with Gasteiger partial charge < -0.3 is 14.8 Å². The maximum atomic E-state index is 12.1. The van der Waals surface area contributed by atoms with Crippen molar-refractivity contribution in [3.8, 4) is 11.5 Å². The monoisotopic (exact) mass is 438 g/mol. The SMILES string of the molecule is COc1ccc([N+](=O)[O-])cc1OCC(=O)Nc1c(Cl)c(Cl)cc(Cl)c1Cl. The minimum absolute atomic E-state index is 0.0161. The number of anilines is 1. The van der Waals surface area contributed by atoms with Crippen LogP contribution in [0.4, 0.5) is 11.4 Å². The number of halogens is 4. The number of nitrogens with zero attached hydrogens (tertiary/aromatic N) is 1. The van der Waals surface area contributed by atoms with Crippen molar-refractivity contribution < 1.29 is 19.2 Å². The van der Waals surface area contributed by atoms with E-state index >= 15 is 0 Å². The Balaban J connectivity index is 2.15. The molecule has 7 nitrogen and oxygen atoms in total. The first-order valence-corrected chi connectivity index (χ1v) is 8.33. The number of rotatable bonds is 6. The number of carbonyl (C=O) groups excluding carboxylic acids is 1. The van der Waals surface area contributed by atoms with Gasteiger partial charge in [0.25, 0.3) is 11.6 Å². The van der Waals surface area contributed by atoms with Gasteiger partial charge in [0, 0.05) is 6.07 Å². The van der Waals surface area contributed by atoms with Crippen molar-refractivity contribution in [3.05, 3.63) is 54.5 Å². The molecule has 11 heteroatoms. The standard InChI is InChI=1S/C15H10Cl4N2O5/c1-25-10-3-2-7(21(23)24)4-11(10)26-6-12(22)20-15-13(18)8(16)5-9(17)14(15)19/h2-5H,6H2,1H3,(H,20,22). The van der Waals surface area contributed by atoms with E-state index in [2.05, 4.69) is 5.32 Å². The topological polar surface area (TPSA) is 90.7 Å². The predicted octanol–water partition coefficient (Wildman–Crippen LogP) is 5.23. The molecule has 0 aromatic heterocycles. The Morgan fingerprint density at radius 1 is 1.12 bits per heavy atom. The van der Waals surface area contributed by atoms with Gasteiger partial charge >= 0.3 is 0 Å². The number of methoxy groups -OCH3 is 1. The number of nitrogens with one attached hydrogen (secondary N) is 1. The summed E-state index contributed by atoms with van der Waals surface area (Å²) in [6, 6.07) is 5.09. The number of hydrogen-bond acceptors (Lipinski definition) is 5. The second-order valence-corrected chi connectivity index (χ2v) is 6.34. The van der Waals surface area contributed by atoms with Crippen LogP contribution < -0.4 is 14.8 Å². The van der Waals surface area contributed by atoms with E-state index in [0.29, 0.717) is 0 Å². The molecule has 0 saturated carbocycles. The number of nitro groups is 1. The lowest BCUT2D eigenvalue weighted by molar-refractivity contribution is -0.385. The Morgan fingerprint density at radius 2 is 1.73 bits per heavy atom. The molecule has 1 amide bonds. The van der Waals surface area contributed by atoms with Crippen LogP contribution >= 0.6 is 46.4 Å². The molecule has 2 aromatic rings. The molecule has 2 aromatic carbocycles. The molecule has 0 aliphatic heterocycles. The Morgan fingerprint density at radius 3 is 2.27 bits per heavy atom. The molecular formula is C15H10Cl4N2O5. The Hall–Kier alpha value is -1.93. The van der Waals surface area contributed by atoms with E-state index in [1.165, 1.54) is 25.3 Å². The Labute approximate surface area is 167 Å². The van der Waals surface area contributed by atoms with Crippen molar-refractivity contribution in [2.75, 3.05) is 19.0 Å². The van der Waals surface area contributed by atoms with Crippen LogP contribution in [0.3, 0.4) is 0 Å². The van der Waals surface area contributed by atoms with E-state index in [1.54, 1.807) is 0 Å². The highest BCUT2D eigenvalue weighted by atomic mass is 35.5. The van der Waals surface area contributed by atoms with Gasteiger partial charge in [-0.05, 0) is 12.1 Å². The summed E-state index contributed by atoms with van der Waals surface area (Å²) < 4.78 is 10.3. The van der Waals surface area contributed by atoms with E-state index in [1.807, 2.05) is 0 Å². The van der Waals surface area contributed by atoms with Crippen molar-refractivity contribution >= 4 is 63.7 Å². The lowest BCUT2D eigenvalue weighted by atomic mass is 10.3. The number of nitro benzene ring substituents is 1. The normalized spacial score (nSPS) is 10.3. The number of non-ortho nitro benzene ring substituents is 1. The zero-order chi connectivity index (χ0) is 19.4. The first-order chi connectivity index (χ1) is 12.2. The van der Waals surface area contributed by atoms with Crippen molar-refractivity contribution in [3.63, 3.8) is 0 Å². The molecule has 1 N–H and O–H groups in total. The molecule has 0 spiro atoms. The van der Waals surface area contributed by atoms with E-state index < -0.39 is 17.4 Å². The highest BCUT2D eigenvalue weighted by molar-refractivity contribution is 6.50. The molecule has 26 heavy (non-hydrogen) atoms. The Bertz CT molecular complexity index is 849. The molecule has 138 valence electrons. The van der Waals surface area contributed by atoms with Gasteiger partial charge in [0.15, 0.2) is 18.1 Å². The summed E-state index contributed by atoms with van der Waals surface area (Å²) in [7, 11) is 1.36. The quantitative estimate of drug-likeness (QED) is 0.377. The second kappa shape index (κ2) is 8.64. The summed E-state index contributed by atoms with van der Waals surface area (Å²) in [5.41, 5.74) is -0.181. The molecule has 0 aliphatic carbocycles. The first kappa shape index (κ1) is 20.4. The summed E-state index contributed by atoms with van der Waals surface area (Å²) in [4.78, 5) is 22.4. The van der Waals surface area contributed by atoms with Crippen LogP contribution in [0.25, 0.3) is 0 Å². The van der Waals surface area contributed by atoms with Gasteiger partial charge in [-0.2, -0.15) is 0 Å². The van der Waals surface area contributed by atoms with Gasteiger partial charge in [0.05, 0.1) is 43.9 Å². The van der Waals surface area contributed by atoms with E-state index in [0.717, 1.165) is 6.07 Å². The molecular weight excluding hydrogens is 430 g/mol. The smallest absolute Gasteiger partial charge is 0.273 e. The number of ether oxygens (including phenoxy) is 2. The summed E-state index contributed by atoms with van der Waals surface area (Å²) in [5, 5.41) is 13.5. The molecule has 0 bridgehead atoms. The molecule has 0 unspecified atom stereocenters. The largest absolute Gasteiger partial charge is 0.493 e. The van der Waals surface area contributed by atoms with Crippen LogP contribution in [-0.2, 0) is 4.79 Å². The van der Waals surface area contributed by atoms with E-state index in [4.69, 9.17) is 55.9 Å². The molecule has 0 radical (unpaired) electrons. The third-order valence-corrected chi connectivity index (χ3v) is 4.67. The van der Waals surface area contributed by atoms with Crippen LogP contribution in [0.15, 0.2) is 24.3 Å². The van der Waals surface area contributed by atoms with Gasteiger partial charge in [0.2, 0.25) is 0 Å². The van der Waals surface area contributed by atoms with Gasteiger partial charge in [-0.1, -0.05) is 46.4 Å². The summed E-state index contributed by atoms with van der Waals surface area (Å²) >= 11 is 23.8. The van der Waals surface area contributed by atoms with Crippen LogP contribution in [0.2, 0.25) is 20.1 Å². The molecule has 0 aliphatic rings. The average molecular weight is 440 g/mol. The fraction of sp³-hybridized carbons (Fsp3) is 0.133. The van der Waals surface area contributed by atoms with Crippen LogP contribution in [0, 0.1) is 10.1 Å². The minimum atomic E-state index is -0.638. The van der Waals surface area contributed by atoms with Crippen molar-refractivity contribution in [2.45, 2.75) is 0 Å². The van der Waals surface area contributed by atoms with Crippen molar-refractivity contribution in [1.82, 2.24) is 0 Å². The fourth-order valence-corrected chi connectivity index (χ4v) is 2.80. The van der Waals surface area contributed by atoms with Crippen LogP contribution in [0.5, 0.6) is 11.5 Å². The third-order valence-electron chi connectivity index (χ3n) is 3.09. The summed E-state index contributed by atoms with van der Waals surface area (Å²) in [5.74, 6) is -0.385. The number of benzene rings is 2. The van der Waals surface area contributed by atoms with Crippen LogP contribution in [0.1, 0.15) is 0 Å². The van der Waals surface area contributed by atoms with Gasteiger partial charge in [-0.25, -0.2) is 0 Å². The molecule has 0 heterocycles. The third kappa shape index (κ3) is 4.62. The summed E-state index contributed by atoms with van der Waals surface area (Å²) in [6.07, 6.45) is 0. The van der Waals surface area contributed by atoms with Crippen LogP contribution in [-0.4, -0.2) is 24.5 Å². The first-order valence-electron chi connectivity index (χ1n) is 6.82. The number of carbonyl (C=O) groups is 1. The maximum Gasteiger partial charge on any atom is 0.273 e. The minimum Gasteiger partial charge on any atom is -0.493 e. The molecule has 0 atom stereocenters. The van der Waals surface area contributed by atoms with Gasteiger partial charge in [-0.15, -0.1) is 0 Å². The van der Waals surface area contributed by atoms with Gasteiger partial charge in [0.1, 0.15) is 0 Å². The predicted molar refractivity (Wildman–Crippen MR) is 100 cm³/mol. The van der Waals surface area contributed by atoms with E-state index in [9.17, 15) is 14.9 Å². The highest BCUT2D eigenvalue weighted by Gasteiger charge is 2.18. The number of hydrogen-bond donors (Lipinski definition) is 1. The van der Waals surface area contributed by atoms with Crippen molar-refractivity contribution in [1.29, 1.82) is 0 Å². The fourth-order valence-electron chi connectivity index (χ4n) is 1.89. The maximum absolute atomic E-state index is 12.1. The zero-order valence-electron chi connectivity index (χ0n) is 13.0. The Kier molecular flexibility index (Phi) is 6.77. The molecule has 2 rings (SSSR count). The lowest BCUT2D eigenvalue weighted by Crippen LogP contribution is -2.21. The average Bonchev–Trinajstić information content (AvgIpc) is 2.61. The van der Waals surface area contributed by atoms with E-state index in [-0.39, 0.29) is 43.0 Å². The summed E-state index contributed by atoms with van der Waals surface area (Å²) in [6.45, 7) is -0.492. The molecule has 0 saturated heterocycles. The highest BCUT2D eigenvalue weighted by Crippen LogP contribution is 2.41.